The Morgan fingerprint density at radius 3 is 2.65 bits per heavy atom. The maximum Gasteiger partial charge on any atom is 0.229 e. The van der Waals surface area contributed by atoms with Gasteiger partial charge >= 0.3 is 0 Å². The molecule has 1 N–H and O–H groups in total. The number of hydrogen-bond acceptors (Lipinski definition) is 5. The predicted octanol–water partition coefficient (Wildman–Crippen LogP) is 3.30. The van der Waals surface area contributed by atoms with Gasteiger partial charge in [0.05, 0.1) is 6.54 Å². The van der Waals surface area contributed by atoms with Gasteiger partial charge in [0.2, 0.25) is 5.89 Å². The molecular weight excluding hydrogens is 288 g/mol. The van der Waals surface area contributed by atoms with Crippen LogP contribution in [0.25, 0.3) is 11.1 Å². The SMILES string of the molecule is c1cncc(-c2ccc(CNCc3noc(C4CC4)n3)cc2)c1. The van der Waals surface area contributed by atoms with Crippen molar-refractivity contribution in [2.45, 2.75) is 31.8 Å². The van der Waals surface area contributed by atoms with Crippen molar-refractivity contribution < 1.29 is 4.52 Å². The summed E-state index contributed by atoms with van der Waals surface area (Å²) >= 11 is 0. The molecule has 0 unspecified atom stereocenters. The van der Waals surface area contributed by atoms with Crippen molar-refractivity contribution in [1.29, 1.82) is 0 Å². The van der Waals surface area contributed by atoms with Gasteiger partial charge in [-0.15, -0.1) is 0 Å². The normalized spacial score (nSPS) is 14.1. The molecule has 4 rings (SSSR count). The molecule has 0 atom stereocenters. The number of nitrogens with zero attached hydrogens (tertiary/aromatic N) is 3. The number of rotatable bonds is 6. The lowest BCUT2D eigenvalue weighted by Gasteiger charge is -2.05. The van der Waals surface area contributed by atoms with Crippen LogP contribution in [0.5, 0.6) is 0 Å². The van der Waals surface area contributed by atoms with Crippen molar-refractivity contribution in [3.8, 4) is 11.1 Å². The maximum absolute atomic E-state index is 5.25. The minimum atomic E-state index is 0.510. The second kappa shape index (κ2) is 6.30. The zero-order valence-corrected chi connectivity index (χ0v) is 12.8. The first-order valence-corrected chi connectivity index (χ1v) is 7.91. The zero-order valence-electron chi connectivity index (χ0n) is 12.8. The Morgan fingerprint density at radius 1 is 1.04 bits per heavy atom. The van der Waals surface area contributed by atoms with Crippen LogP contribution in [0.3, 0.4) is 0 Å². The number of benzene rings is 1. The molecular formula is C18H18N4O. The van der Waals surface area contributed by atoms with E-state index in [0.29, 0.717) is 12.5 Å². The number of aromatic nitrogens is 3. The Kier molecular flexibility index (Phi) is 3.86. The summed E-state index contributed by atoms with van der Waals surface area (Å²) in [5.74, 6) is 2.04. The van der Waals surface area contributed by atoms with E-state index in [0.717, 1.165) is 23.8 Å². The van der Waals surface area contributed by atoms with Crippen molar-refractivity contribution in [2.75, 3.05) is 0 Å². The van der Waals surface area contributed by atoms with Crippen LogP contribution in [-0.2, 0) is 13.1 Å². The van der Waals surface area contributed by atoms with Crippen LogP contribution in [-0.4, -0.2) is 15.1 Å². The summed E-state index contributed by atoms with van der Waals surface area (Å²) in [6, 6.07) is 12.5. The first-order chi connectivity index (χ1) is 11.4. The number of hydrogen-bond donors (Lipinski definition) is 1. The summed E-state index contributed by atoms with van der Waals surface area (Å²) in [4.78, 5) is 8.56. The van der Waals surface area contributed by atoms with Crippen LogP contribution in [0.15, 0.2) is 53.3 Å². The molecule has 0 spiro atoms. The summed E-state index contributed by atoms with van der Waals surface area (Å²) in [7, 11) is 0. The molecule has 1 saturated carbocycles. The fourth-order valence-electron chi connectivity index (χ4n) is 2.50. The maximum atomic E-state index is 5.25. The first kappa shape index (κ1) is 14.1. The van der Waals surface area contributed by atoms with Gasteiger partial charge in [0.1, 0.15) is 0 Å². The van der Waals surface area contributed by atoms with Gasteiger partial charge in [-0.1, -0.05) is 35.5 Å². The smallest absolute Gasteiger partial charge is 0.229 e. The van der Waals surface area contributed by atoms with Gasteiger partial charge in [-0.25, -0.2) is 0 Å². The quantitative estimate of drug-likeness (QED) is 0.757. The summed E-state index contributed by atoms with van der Waals surface area (Å²) in [6.07, 6.45) is 6.02. The average Bonchev–Trinajstić information content (AvgIpc) is 3.36. The van der Waals surface area contributed by atoms with Gasteiger partial charge in [0, 0.05) is 24.9 Å². The van der Waals surface area contributed by atoms with E-state index < -0.39 is 0 Å². The molecule has 23 heavy (non-hydrogen) atoms. The summed E-state index contributed by atoms with van der Waals surface area (Å²) in [6.45, 7) is 1.40. The number of pyridine rings is 1. The molecule has 0 amide bonds. The standard InChI is InChI=1S/C18H18N4O/c1-2-16(11-19-9-1)14-5-3-13(4-6-14)10-20-12-17-21-18(23-22-17)15-7-8-15/h1-6,9,11,15,20H,7-8,10,12H2. The molecule has 1 aromatic carbocycles. The van der Waals surface area contributed by atoms with Gasteiger partial charge < -0.3 is 9.84 Å². The van der Waals surface area contributed by atoms with Crippen LogP contribution < -0.4 is 5.32 Å². The summed E-state index contributed by atoms with van der Waals surface area (Å²) in [5, 5.41) is 7.36. The molecule has 2 heterocycles. The van der Waals surface area contributed by atoms with Crippen LogP contribution in [0.1, 0.15) is 36.0 Å². The molecule has 1 aliphatic rings. The molecule has 0 radical (unpaired) electrons. The van der Waals surface area contributed by atoms with E-state index >= 15 is 0 Å². The minimum Gasteiger partial charge on any atom is -0.339 e. The molecule has 5 heteroatoms. The molecule has 3 aromatic rings. The topological polar surface area (TPSA) is 63.8 Å². The fourth-order valence-corrected chi connectivity index (χ4v) is 2.50. The fraction of sp³-hybridized carbons (Fsp3) is 0.278. The third-order valence-electron chi connectivity index (χ3n) is 3.97. The van der Waals surface area contributed by atoms with Gasteiger partial charge in [0.25, 0.3) is 0 Å². The highest BCUT2D eigenvalue weighted by atomic mass is 16.5. The average molecular weight is 306 g/mol. The van der Waals surface area contributed by atoms with E-state index in [1.807, 2.05) is 12.3 Å². The van der Waals surface area contributed by atoms with Gasteiger partial charge in [-0.3, -0.25) is 4.98 Å². The van der Waals surface area contributed by atoms with Crippen molar-refractivity contribution >= 4 is 0 Å². The monoisotopic (exact) mass is 306 g/mol. The molecule has 5 nitrogen and oxygen atoms in total. The predicted molar refractivity (Wildman–Crippen MR) is 86.5 cm³/mol. The highest BCUT2D eigenvalue weighted by molar-refractivity contribution is 5.62. The largest absolute Gasteiger partial charge is 0.339 e. The lowest BCUT2D eigenvalue weighted by Crippen LogP contribution is -2.13. The van der Waals surface area contributed by atoms with Crippen LogP contribution in [0, 0.1) is 0 Å². The molecule has 2 aromatic heterocycles. The molecule has 0 bridgehead atoms. The van der Waals surface area contributed by atoms with E-state index in [1.165, 1.54) is 24.0 Å². The molecule has 116 valence electrons. The van der Waals surface area contributed by atoms with Gasteiger partial charge in [-0.05, 0) is 35.6 Å². The van der Waals surface area contributed by atoms with E-state index in [9.17, 15) is 0 Å². The zero-order chi connectivity index (χ0) is 15.5. The van der Waals surface area contributed by atoms with E-state index in [4.69, 9.17) is 4.52 Å². The van der Waals surface area contributed by atoms with Crippen LogP contribution >= 0.6 is 0 Å². The molecule has 1 aliphatic carbocycles. The second-order valence-electron chi connectivity index (χ2n) is 5.87. The number of nitrogens with one attached hydrogen (secondary N) is 1. The van der Waals surface area contributed by atoms with E-state index in [2.05, 4.69) is 50.8 Å². The van der Waals surface area contributed by atoms with Gasteiger partial charge in [0.15, 0.2) is 5.82 Å². The Bertz CT molecular complexity index is 763. The molecule has 0 saturated heterocycles. The van der Waals surface area contributed by atoms with Crippen molar-refractivity contribution in [1.82, 2.24) is 20.4 Å². The lowest BCUT2D eigenvalue weighted by atomic mass is 10.1. The summed E-state index contributed by atoms with van der Waals surface area (Å²) in [5.41, 5.74) is 3.53. The van der Waals surface area contributed by atoms with Gasteiger partial charge in [-0.2, -0.15) is 4.98 Å². The highest BCUT2D eigenvalue weighted by Gasteiger charge is 2.29. The Balaban J connectivity index is 1.32. The lowest BCUT2D eigenvalue weighted by molar-refractivity contribution is 0.372. The van der Waals surface area contributed by atoms with Crippen molar-refractivity contribution in [3.05, 3.63) is 66.1 Å². The van der Waals surface area contributed by atoms with Crippen LogP contribution in [0.2, 0.25) is 0 Å². The Labute approximate surface area is 134 Å². The third kappa shape index (κ3) is 3.46. The second-order valence-corrected chi connectivity index (χ2v) is 5.87. The Hall–Kier alpha value is -2.53. The van der Waals surface area contributed by atoms with Crippen LogP contribution in [0.4, 0.5) is 0 Å². The molecule has 1 fully saturated rings. The highest BCUT2D eigenvalue weighted by Crippen LogP contribution is 2.38. The van der Waals surface area contributed by atoms with Crippen molar-refractivity contribution in [2.24, 2.45) is 0 Å². The first-order valence-electron chi connectivity index (χ1n) is 7.91. The third-order valence-corrected chi connectivity index (χ3v) is 3.97. The van der Waals surface area contributed by atoms with Crippen molar-refractivity contribution in [3.63, 3.8) is 0 Å². The summed E-state index contributed by atoms with van der Waals surface area (Å²) < 4.78 is 5.25. The van der Waals surface area contributed by atoms with E-state index in [-0.39, 0.29) is 0 Å². The van der Waals surface area contributed by atoms with E-state index in [1.54, 1.807) is 6.20 Å². The minimum absolute atomic E-state index is 0.510. The molecule has 0 aliphatic heterocycles. The Morgan fingerprint density at radius 2 is 1.91 bits per heavy atom.